The van der Waals surface area contributed by atoms with Crippen molar-refractivity contribution in [1.82, 2.24) is 19.8 Å². The van der Waals surface area contributed by atoms with E-state index in [9.17, 15) is 18.0 Å². The summed E-state index contributed by atoms with van der Waals surface area (Å²) in [6, 6.07) is 6.93. The lowest BCUT2D eigenvalue weighted by atomic mass is 9.96. The summed E-state index contributed by atoms with van der Waals surface area (Å²) < 4.78 is 27.0. The van der Waals surface area contributed by atoms with Gasteiger partial charge in [0.25, 0.3) is 0 Å². The Morgan fingerprint density at radius 1 is 1.00 bits per heavy atom. The zero-order chi connectivity index (χ0) is 22.3. The second-order valence-electron chi connectivity index (χ2n) is 8.44. The first-order chi connectivity index (χ1) is 14.9. The molecule has 3 rings (SSSR count). The molecule has 31 heavy (non-hydrogen) atoms. The normalized spacial score (nSPS) is 18.5. The van der Waals surface area contributed by atoms with Gasteiger partial charge in [-0.2, -0.15) is 4.31 Å². The van der Waals surface area contributed by atoms with Crippen molar-refractivity contribution in [3.05, 3.63) is 29.8 Å². The minimum absolute atomic E-state index is 0.00173. The van der Waals surface area contributed by atoms with Crippen molar-refractivity contribution in [1.29, 1.82) is 0 Å². The van der Waals surface area contributed by atoms with Gasteiger partial charge in [0.1, 0.15) is 0 Å². The lowest BCUT2D eigenvalue weighted by Crippen LogP contribution is -2.50. The minimum Gasteiger partial charge on any atom is -0.340 e. The van der Waals surface area contributed by atoms with Gasteiger partial charge in [0.15, 0.2) is 0 Å². The van der Waals surface area contributed by atoms with Crippen molar-refractivity contribution in [3.8, 4) is 0 Å². The Balaban J connectivity index is 1.35. The summed E-state index contributed by atoms with van der Waals surface area (Å²) in [4.78, 5) is 26.4. The van der Waals surface area contributed by atoms with E-state index in [1.54, 1.807) is 29.2 Å². The molecule has 1 heterocycles. The van der Waals surface area contributed by atoms with Gasteiger partial charge in [-0.15, -0.1) is 0 Å². The SMILES string of the molecule is Cc1ccc(S(=O)(=O)N2CCN(C(=O)CCCNC(=O)NC3CCCCC3)CC2)cc1. The zero-order valence-corrected chi connectivity index (χ0v) is 19.1. The van der Waals surface area contributed by atoms with Gasteiger partial charge in [-0.3, -0.25) is 4.79 Å². The maximum atomic E-state index is 12.8. The van der Waals surface area contributed by atoms with Crippen LogP contribution in [0.3, 0.4) is 0 Å². The van der Waals surface area contributed by atoms with Crippen LogP contribution in [0.1, 0.15) is 50.5 Å². The largest absolute Gasteiger partial charge is 0.340 e. The first kappa shape index (κ1) is 23.5. The van der Waals surface area contributed by atoms with Crippen molar-refractivity contribution in [2.75, 3.05) is 32.7 Å². The zero-order valence-electron chi connectivity index (χ0n) is 18.3. The average Bonchev–Trinajstić information content (AvgIpc) is 2.77. The Kier molecular flexibility index (Phi) is 8.31. The standard InChI is InChI=1S/C22H34N4O4S/c1-18-9-11-20(12-10-18)31(29,30)26-16-14-25(15-17-26)21(27)8-5-13-23-22(28)24-19-6-3-2-4-7-19/h9-12,19H,2-8,13-17H2,1H3,(H2,23,24,28). The number of piperazine rings is 1. The molecule has 9 heteroatoms. The Morgan fingerprint density at radius 3 is 2.29 bits per heavy atom. The molecular formula is C22H34N4O4S. The molecule has 0 bridgehead atoms. The second kappa shape index (κ2) is 10.9. The van der Waals surface area contributed by atoms with E-state index in [0.717, 1.165) is 18.4 Å². The molecule has 2 N–H and O–H groups in total. The quantitative estimate of drug-likeness (QED) is 0.623. The summed E-state index contributed by atoms with van der Waals surface area (Å²) >= 11 is 0. The molecule has 3 amide bonds. The first-order valence-electron chi connectivity index (χ1n) is 11.3. The molecule has 0 aromatic heterocycles. The van der Waals surface area contributed by atoms with E-state index in [0.29, 0.717) is 45.6 Å². The third-order valence-electron chi connectivity index (χ3n) is 6.04. The van der Waals surface area contributed by atoms with Gasteiger partial charge in [-0.05, 0) is 38.3 Å². The van der Waals surface area contributed by atoms with E-state index in [1.165, 1.54) is 23.6 Å². The molecule has 2 fully saturated rings. The lowest BCUT2D eigenvalue weighted by molar-refractivity contribution is -0.132. The van der Waals surface area contributed by atoms with Gasteiger partial charge in [0.05, 0.1) is 4.90 Å². The van der Waals surface area contributed by atoms with Crippen molar-refractivity contribution in [2.24, 2.45) is 0 Å². The monoisotopic (exact) mass is 450 g/mol. The van der Waals surface area contributed by atoms with Crippen LogP contribution in [0, 0.1) is 6.92 Å². The molecule has 1 saturated carbocycles. The summed E-state index contributed by atoms with van der Waals surface area (Å²) in [6.45, 7) is 3.73. The van der Waals surface area contributed by atoms with Crippen LogP contribution in [0.2, 0.25) is 0 Å². The number of hydrogen-bond donors (Lipinski definition) is 2. The third-order valence-corrected chi connectivity index (χ3v) is 7.96. The highest BCUT2D eigenvalue weighted by Crippen LogP contribution is 2.19. The van der Waals surface area contributed by atoms with Crippen LogP contribution in [0.15, 0.2) is 29.2 Å². The number of sulfonamides is 1. The van der Waals surface area contributed by atoms with E-state index < -0.39 is 10.0 Å². The maximum Gasteiger partial charge on any atom is 0.315 e. The lowest BCUT2D eigenvalue weighted by Gasteiger charge is -2.34. The van der Waals surface area contributed by atoms with Gasteiger partial charge in [0.2, 0.25) is 15.9 Å². The van der Waals surface area contributed by atoms with Crippen molar-refractivity contribution >= 4 is 22.0 Å². The summed E-state index contributed by atoms with van der Waals surface area (Å²) in [5, 5.41) is 5.83. The summed E-state index contributed by atoms with van der Waals surface area (Å²) in [6.07, 6.45) is 6.56. The van der Waals surface area contributed by atoms with Crippen LogP contribution in [0.4, 0.5) is 4.79 Å². The maximum absolute atomic E-state index is 12.8. The molecule has 0 unspecified atom stereocenters. The molecule has 172 valence electrons. The van der Waals surface area contributed by atoms with Gasteiger partial charge in [0, 0.05) is 45.2 Å². The van der Waals surface area contributed by atoms with Gasteiger partial charge in [-0.1, -0.05) is 37.0 Å². The summed E-state index contributed by atoms with van der Waals surface area (Å²) in [5.74, 6) is 0.00173. The molecule has 1 aromatic rings. The van der Waals surface area contributed by atoms with E-state index >= 15 is 0 Å². The summed E-state index contributed by atoms with van der Waals surface area (Å²) in [5.41, 5.74) is 1.01. The highest BCUT2D eigenvalue weighted by atomic mass is 32.2. The molecular weight excluding hydrogens is 416 g/mol. The van der Waals surface area contributed by atoms with Crippen LogP contribution in [-0.2, 0) is 14.8 Å². The fourth-order valence-corrected chi connectivity index (χ4v) is 5.54. The number of aryl methyl sites for hydroxylation is 1. The minimum atomic E-state index is -3.53. The fraction of sp³-hybridized carbons (Fsp3) is 0.636. The van der Waals surface area contributed by atoms with E-state index in [2.05, 4.69) is 10.6 Å². The van der Waals surface area contributed by atoms with Crippen LogP contribution in [0.25, 0.3) is 0 Å². The Hall–Kier alpha value is -2.13. The smallest absolute Gasteiger partial charge is 0.315 e. The number of rotatable bonds is 7. The number of urea groups is 1. The number of nitrogens with zero attached hydrogens (tertiary/aromatic N) is 2. The van der Waals surface area contributed by atoms with Crippen LogP contribution in [0.5, 0.6) is 0 Å². The molecule has 1 aromatic carbocycles. The molecule has 8 nitrogen and oxygen atoms in total. The van der Waals surface area contributed by atoms with Crippen molar-refractivity contribution in [3.63, 3.8) is 0 Å². The molecule has 1 aliphatic heterocycles. The average molecular weight is 451 g/mol. The predicted molar refractivity (Wildman–Crippen MR) is 119 cm³/mol. The van der Waals surface area contributed by atoms with Gasteiger partial charge < -0.3 is 15.5 Å². The second-order valence-corrected chi connectivity index (χ2v) is 10.4. The molecule has 1 aliphatic carbocycles. The van der Waals surface area contributed by atoms with Gasteiger partial charge in [-0.25, -0.2) is 13.2 Å². The predicted octanol–water partition coefficient (Wildman–Crippen LogP) is 2.24. The highest BCUT2D eigenvalue weighted by Gasteiger charge is 2.29. The van der Waals surface area contributed by atoms with Crippen LogP contribution >= 0.6 is 0 Å². The molecule has 0 atom stereocenters. The molecule has 1 saturated heterocycles. The fourth-order valence-electron chi connectivity index (χ4n) is 4.12. The Bertz CT molecular complexity index is 843. The molecule has 0 spiro atoms. The number of benzene rings is 1. The molecule has 2 aliphatic rings. The van der Waals surface area contributed by atoms with E-state index in [1.807, 2.05) is 6.92 Å². The summed E-state index contributed by atoms with van der Waals surface area (Å²) in [7, 11) is -3.53. The van der Waals surface area contributed by atoms with Crippen molar-refractivity contribution in [2.45, 2.75) is 62.8 Å². The van der Waals surface area contributed by atoms with Crippen molar-refractivity contribution < 1.29 is 18.0 Å². The van der Waals surface area contributed by atoms with E-state index in [-0.39, 0.29) is 22.9 Å². The van der Waals surface area contributed by atoms with E-state index in [4.69, 9.17) is 0 Å². The number of hydrogen-bond acceptors (Lipinski definition) is 4. The first-order valence-corrected chi connectivity index (χ1v) is 12.7. The molecule has 0 radical (unpaired) electrons. The van der Waals surface area contributed by atoms with Crippen LogP contribution < -0.4 is 10.6 Å². The highest BCUT2D eigenvalue weighted by molar-refractivity contribution is 7.89. The number of nitrogens with one attached hydrogen (secondary N) is 2. The third kappa shape index (κ3) is 6.67. The topological polar surface area (TPSA) is 98.8 Å². The Labute approximate surface area is 185 Å². The number of carbonyl (C=O) groups excluding carboxylic acids is 2. The van der Waals surface area contributed by atoms with Crippen LogP contribution in [-0.4, -0.2) is 68.3 Å². The number of amides is 3. The Morgan fingerprint density at radius 2 is 1.65 bits per heavy atom. The number of carbonyl (C=O) groups is 2. The van der Waals surface area contributed by atoms with Gasteiger partial charge >= 0.3 is 6.03 Å².